The van der Waals surface area contributed by atoms with Crippen molar-refractivity contribution in [3.8, 4) is 11.8 Å². The molecule has 2 rings (SSSR count). The average Bonchev–Trinajstić information content (AvgIpc) is 2.59. The van der Waals surface area contributed by atoms with Gasteiger partial charge >= 0.3 is 12.3 Å². The summed E-state index contributed by atoms with van der Waals surface area (Å²) in [5.74, 6) is -0.840. The highest BCUT2D eigenvalue weighted by atomic mass is 19.4. The third-order valence-corrected chi connectivity index (χ3v) is 3.16. The normalized spacial score (nSPS) is 11.6. The van der Waals surface area contributed by atoms with E-state index in [1.54, 1.807) is 30.3 Å². The van der Waals surface area contributed by atoms with E-state index in [0.717, 1.165) is 12.1 Å². The van der Waals surface area contributed by atoms with Crippen LogP contribution in [0.3, 0.4) is 0 Å². The zero-order valence-corrected chi connectivity index (χ0v) is 13.0. The molecule has 0 heterocycles. The number of benzene rings is 2. The van der Waals surface area contributed by atoms with E-state index in [4.69, 9.17) is 0 Å². The van der Waals surface area contributed by atoms with E-state index in [2.05, 4.69) is 9.47 Å². The number of hydrogen-bond acceptors (Lipinski definition) is 4. The zero-order chi connectivity index (χ0) is 18.4. The van der Waals surface area contributed by atoms with Gasteiger partial charge < -0.3 is 9.47 Å². The minimum atomic E-state index is -4.77. The van der Waals surface area contributed by atoms with Crippen molar-refractivity contribution in [1.82, 2.24) is 0 Å². The van der Waals surface area contributed by atoms with Crippen LogP contribution in [0.2, 0.25) is 0 Å². The van der Waals surface area contributed by atoms with Crippen molar-refractivity contribution in [3.05, 3.63) is 65.2 Å². The van der Waals surface area contributed by atoms with Crippen LogP contribution in [0, 0.1) is 11.3 Å². The predicted octanol–water partition coefficient (Wildman–Crippen LogP) is 4.44. The molecule has 0 aromatic heterocycles. The first-order valence-corrected chi connectivity index (χ1v) is 6.99. The zero-order valence-electron chi connectivity index (χ0n) is 13.0. The summed E-state index contributed by atoms with van der Waals surface area (Å²) in [5.41, 5.74) is 1.71. The van der Waals surface area contributed by atoms with E-state index < -0.39 is 12.3 Å². The maximum Gasteiger partial charge on any atom is 0.573 e. The summed E-state index contributed by atoms with van der Waals surface area (Å²) in [4.78, 5) is 11.4. The van der Waals surface area contributed by atoms with E-state index in [0.29, 0.717) is 16.7 Å². The van der Waals surface area contributed by atoms with Crippen LogP contribution in [0.5, 0.6) is 5.75 Å². The van der Waals surface area contributed by atoms with E-state index in [1.807, 2.05) is 6.07 Å². The molecule has 2 aromatic carbocycles. The van der Waals surface area contributed by atoms with Crippen molar-refractivity contribution in [1.29, 1.82) is 5.26 Å². The number of hydrogen-bond donors (Lipinski definition) is 0. The summed E-state index contributed by atoms with van der Waals surface area (Å²) < 4.78 is 44.8. The van der Waals surface area contributed by atoms with Gasteiger partial charge in [0.15, 0.2) is 0 Å². The molecule has 0 radical (unpaired) electrons. The number of nitrogens with zero attached hydrogens (tertiary/aromatic N) is 1. The molecule has 0 bridgehead atoms. The SMILES string of the molecule is COC(=O)c1ccc(/C=C(\C#N)c2ccc(OC(F)(F)F)cc2)cc1. The molecule has 0 amide bonds. The fourth-order valence-corrected chi connectivity index (χ4v) is 2.02. The van der Waals surface area contributed by atoms with E-state index in [-0.39, 0.29) is 11.3 Å². The fourth-order valence-electron chi connectivity index (χ4n) is 2.02. The van der Waals surface area contributed by atoms with Crippen LogP contribution in [0.4, 0.5) is 13.2 Å². The Kier molecular flexibility index (Phi) is 5.45. The van der Waals surface area contributed by atoms with Crippen molar-refractivity contribution in [2.75, 3.05) is 7.11 Å². The van der Waals surface area contributed by atoms with Crippen LogP contribution in [0.1, 0.15) is 21.5 Å². The van der Waals surface area contributed by atoms with Crippen molar-refractivity contribution in [2.45, 2.75) is 6.36 Å². The Bertz CT molecular complexity index is 817. The molecule has 0 unspecified atom stereocenters. The molecular weight excluding hydrogens is 335 g/mol. The minimum Gasteiger partial charge on any atom is -0.465 e. The molecule has 0 fully saturated rings. The Balaban J connectivity index is 2.23. The van der Waals surface area contributed by atoms with Gasteiger partial charge in [0.1, 0.15) is 5.75 Å². The smallest absolute Gasteiger partial charge is 0.465 e. The van der Waals surface area contributed by atoms with E-state index >= 15 is 0 Å². The first-order chi connectivity index (χ1) is 11.8. The van der Waals surface area contributed by atoms with Crippen LogP contribution < -0.4 is 4.74 Å². The highest BCUT2D eigenvalue weighted by Crippen LogP contribution is 2.25. The number of ether oxygens (including phenoxy) is 2. The summed E-state index contributed by atoms with van der Waals surface area (Å²) in [5, 5.41) is 9.27. The van der Waals surface area contributed by atoms with E-state index in [1.165, 1.54) is 19.2 Å². The summed E-state index contributed by atoms with van der Waals surface area (Å²) in [6.07, 6.45) is -3.21. The maximum absolute atomic E-state index is 12.2. The molecule has 0 aliphatic rings. The molecule has 0 atom stereocenters. The Hall–Kier alpha value is -3.27. The molecule has 0 N–H and O–H groups in total. The predicted molar refractivity (Wildman–Crippen MR) is 84.4 cm³/mol. The van der Waals surface area contributed by atoms with Crippen molar-refractivity contribution < 1.29 is 27.4 Å². The van der Waals surface area contributed by atoms with Gasteiger partial charge in [-0.25, -0.2) is 4.79 Å². The van der Waals surface area contributed by atoms with Crippen LogP contribution in [0.15, 0.2) is 48.5 Å². The Morgan fingerprint density at radius 3 is 2.08 bits per heavy atom. The minimum absolute atomic E-state index is 0.254. The molecule has 0 saturated carbocycles. The van der Waals surface area contributed by atoms with Crippen LogP contribution in [0.25, 0.3) is 11.6 Å². The number of esters is 1. The number of carbonyl (C=O) groups excluding carboxylic acids is 1. The van der Waals surface area contributed by atoms with Gasteiger partial charge in [-0.15, -0.1) is 13.2 Å². The van der Waals surface area contributed by atoms with Gasteiger partial charge in [0, 0.05) is 0 Å². The molecule has 0 spiro atoms. The number of nitriles is 1. The Morgan fingerprint density at radius 1 is 1.04 bits per heavy atom. The third kappa shape index (κ3) is 5.11. The van der Waals surface area contributed by atoms with Crippen molar-refractivity contribution >= 4 is 17.6 Å². The standard InChI is InChI=1S/C18H12F3NO3/c1-24-17(23)14-4-2-12(3-5-14)10-15(11-22)13-6-8-16(9-7-13)25-18(19,20)21/h2-10H,1H3/b15-10+. The lowest BCUT2D eigenvalue weighted by molar-refractivity contribution is -0.274. The van der Waals surface area contributed by atoms with Gasteiger partial charge in [0.05, 0.1) is 24.3 Å². The highest BCUT2D eigenvalue weighted by Gasteiger charge is 2.30. The maximum atomic E-state index is 12.2. The summed E-state index contributed by atoms with van der Waals surface area (Å²) in [7, 11) is 1.27. The second-order valence-corrected chi connectivity index (χ2v) is 4.86. The fraction of sp³-hybridized carbons (Fsp3) is 0.111. The molecule has 0 aliphatic carbocycles. The summed E-state index contributed by atoms with van der Waals surface area (Å²) >= 11 is 0. The van der Waals surface area contributed by atoms with Crippen LogP contribution >= 0.6 is 0 Å². The monoisotopic (exact) mass is 347 g/mol. The molecule has 0 aliphatic heterocycles. The Morgan fingerprint density at radius 2 is 1.60 bits per heavy atom. The number of allylic oxidation sites excluding steroid dienone is 1. The number of rotatable bonds is 4. The van der Waals surface area contributed by atoms with Gasteiger partial charge in [-0.05, 0) is 53.6 Å². The van der Waals surface area contributed by atoms with Gasteiger partial charge in [0.25, 0.3) is 0 Å². The quantitative estimate of drug-likeness (QED) is 0.466. The third-order valence-electron chi connectivity index (χ3n) is 3.16. The van der Waals surface area contributed by atoms with Gasteiger partial charge in [0.2, 0.25) is 0 Å². The lowest BCUT2D eigenvalue weighted by Crippen LogP contribution is -2.16. The Labute approximate surface area is 141 Å². The topological polar surface area (TPSA) is 59.3 Å². The molecule has 128 valence electrons. The second kappa shape index (κ2) is 7.53. The molecule has 4 nitrogen and oxygen atoms in total. The van der Waals surface area contributed by atoms with Gasteiger partial charge in [-0.2, -0.15) is 5.26 Å². The van der Waals surface area contributed by atoms with Gasteiger partial charge in [-0.3, -0.25) is 0 Å². The summed E-state index contributed by atoms with van der Waals surface area (Å²) in [6.45, 7) is 0. The lowest BCUT2D eigenvalue weighted by Gasteiger charge is -2.09. The molecule has 7 heteroatoms. The van der Waals surface area contributed by atoms with Crippen molar-refractivity contribution in [3.63, 3.8) is 0 Å². The van der Waals surface area contributed by atoms with E-state index in [9.17, 15) is 23.2 Å². The second-order valence-electron chi connectivity index (χ2n) is 4.86. The summed E-state index contributed by atoms with van der Waals surface area (Å²) in [6, 6.07) is 13.3. The number of methoxy groups -OCH3 is 1. The average molecular weight is 347 g/mol. The lowest BCUT2D eigenvalue weighted by atomic mass is 10.0. The van der Waals surface area contributed by atoms with Gasteiger partial charge in [-0.1, -0.05) is 12.1 Å². The van der Waals surface area contributed by atoms with Crippen LogP contribution in [-0.2, 0) is 4.74 Å². The van der Waals surface area contributed by atoms with Crippen LogP contribution in [-0.4, -0.2) is 19.4 Å². The first kappa shape index (κ1) is 18.1. The number of alkyl halides is 3. The molecule has 0 saturated heterocycles. The number of halogens is 3. The molecule has 2 aromatic rings. The largest absolute Gasteiger partial charge is 0.573 e. The van der Waals surface area contributed by atoms with Crippen molar-refractivity contribution in [2.24, 2.45) is 0 Å². The molecular formula is C18H12F3NO3. The number of carbonyl (C=O) groups is 1. The molecule has 25 heavy (non-hydrogen) atoms. The first-order valence-electron chi connectivity index (χ1n) is 6.99. The highest BCUT2D eigenvalue weighted by molar-refractivity contribution is 5.92.